The van der Waals surface area contributed by atoms with Crippen LogP contribution in [0.4, 0.5) is 4.39 Å². The van der Waals surface area contributed by atoms with Gasteiger partial charge in [-0.1, -0.05) is 18.5 Å². The molecule has 4 rings (SSSR count). The standard InChI is InChI=1S/C23H24ClFN4O/c1-16-7-12-29(13-8-16)23(28-22(30)18-2-3-21(25)20(24)14-18)15-19(6-11-27-23)17-4-9-26-10-5-17/h2-6,9-11,14-16,27H,7-8,12-13H2,1H3,(H,28,30). The normalized spacial score (nSPS) is 22.3. The van der Waals surface area contributed by atoms with Gasteiger partial charge in [-0.15, -0.1) is 0 Å². The predicted octanol–water partition coefficient (Wildman–Crippen LogP) is 4.19. The number of likely N-dealkylation sites (tertiary alicyclic amines) is 1. The average molecular weight is 427 g/mol. The van der Waals surface area contributed by atoms with Crippen molar-refractivity contribution in [1.29, 1.82) is 0 Å². The maximum absolute atomic E-state index is 13.6. The minimum Gasteiger partial charge on any atom is -0.353 e. The number of amides is 1. The van der Waals surface area contributed by atoms with Crippen molar-refractivity contribution in [2.24, 2.45) is 5.92 Å². The van der Waals surface area contributed by atoms with Gasteiger partial charge in [0.25, 0.3) is 5.91 Å². The van der Waals surface area contributed by atoms with E-state index in [4.69, 9.17) is 11.6 Å². The number of nitrogens with zero attached hydrogens (tertiary/aromatic N) is 2. The zero-order valence-electron chi connectivity index (χ0n) is 16.7. The van der Waals surface area contributed by atoms with Crippen LogP contribution < -0.4 is 10.6 Å². The van der Waals surface area contributed by atoms with Gasteiger partial charge in [-0.25, -0.2) is 4.39 Å². The topological polar surface area (TPSA) is 57.3 Å². The number of rotatable bonds is 4. The summed E-state index contributed by atoms with van der Waals surface area (Å²) in [4.78, 5) is 19.4. The Morgan fingerprint density at radius 1 is 1.27 bits per heavy atom. The first kappa shape index (κ1) is 20.6. The fourth-order valence-electron chi connectivity index (χ4n) is 3.87. The molecule has 0 aliphatic carbocycles. The van der Waals surface area contributed by atoms with Crippen LogP contribution in [0.15, 0.2) is 61.1 Å². The van der Waals surface area contributed by atoms with Crippen LogP contribution in [0.5, 0.6) is 0 Å². The van der Waals surface area contributed by atoms with Gasteiger partial charge in [0.1, 0.15) is 5.82 Å². The lowest BCUT2D eigenvalue weighted by molar-refractivity contribution is 0.0391. The Labute approximate surface area is 180 Å². The number of dihydropyridines is 1. The van der Waals surface area contributed by atoms with Crippen molar-refractivity contribution < 1.29 is 9.18 Å². The number of halogens is 2. The quantitative estimate of drug-likeness (QED) is 0.769. The van der Waals surface area contributed by atoms with Gasteiger partial charge in [0.05, 0.1) is 5.02 Å². The summed E-state index contributed by atoms with van der Waals surface area (Å²) in [6, 6.07) is 7.87. The van der Waals surface area contributed by atoms with Crippen LogP contribution in [0, 0.1) is 11.7 Å². The van der Waals surface area contributed by atoms with E-state index in [-0.39, 0.29) is 10.9 Å². The summed E-state index contributed by atoms with van der Waals surface area (Å²) < 4.78 is 13.6. The van der Waals surface area contributed by atoms with Crippen molar-refractivity contribution in [2.45, 2.75) is 25.6 Å². The summed E-state index contributed by atoms with van der Waals surface area (Å²) in [7, 11) is 0. The number of nitrogens with one attached hydrogen (secondary N) is 2. The summed E-state index contributed by atoms with van der Waals surface area (Å²) in [6.45, 7) is 3.93. The lowest BCUT2D eigenvalue weighted by Crippen LogP contribution is -2.68. The number of carbonyl (C=O) groups is 1. The van der Waals surface area contributed by atoms with E-state index in [2.05, 4.69) is 27.4 Å². The van der Waals surface area contributed by atoms with E-state index in [0.717, 1.165) is 37.1 Å². The highest BCUT2D eigenvalue weighted by atomic mass is 35.5. The Balaban J connectivity index is 1.69. The van der Waals surface area contributed by atoms with Gasteiger partial charge >= 0.3 is 0 Å². The maximum Gasteiger partial charge on any atom is 0.254 e. The lowest BCUT2D eigenvalue weighted by atomic mass is 9.95. The third-order valence-corrected chi connectivity index (χ3v) is 6.00. The molecule has 2 aliphatic heterocycles. The van der Waals surface area contributed by atoms with E-state index in [9.17, 15) is 9.18 Å². The molecule has 30 heavy (non-hydrogen) atoms. The summed E-state index contributed by atoms with van der Waals surface area (Å²) >= 11 is 5.89. The molecule has 156 valence electrons. The van der Waals surface area contributed by atoms with Crippen LogP contribution in [0.3, 0.4) is 0 Å². The van der Waals surface area contributed by atoms with Crippen molar-refractivity contribution in [3.63, 3.8) is 0 Å². The van der Waals surface area contributed by atoms with E-state index in [1.54, 1.807) is 12.4 Å². The van der Waals surface area contributed by atoms with Gasteiger partial charge in [-0.05, 0) is 72.4 Å². The Bertz CT molecular complexity index is 986. The molecule has 1 aromatic heterocycles. The lowest BCUT2D eigenvalue weighted by Gasteiger charge is -2.46. The van der Waals surface area contributed by atoms with Gasteiger partial charge in [-0.3, -0.25) is 14.7 Å². The summed E-state index contributed by atoms with van der Waals surface area (Å²) in [5.74, 6) is -1.13. The Hall–Kier alpha value is -2.70. The van der Waals surface area contributed by atoms with Gasteiger partial charge in [0, 0.05) is 37.2 Å². The number of hydrogen-bond donors (Lipinski definition) is 2. The predicted molar refractivity (Wildman–Crippen MR) is 116 cm³/mol. The van der Waals surface area contributed by atoms with E-state index < -0.39 is 11.6 Å². The molecular formula is C23H24ClFN4O. The third kappa shape index (κ3) is 4.25. The van der Waals surface area contributed by atoms with Crippen LogP contribution in [-0.2, 0) is 0 Å². The zero-order valence-corrected chi connectivity index (χ0v) is 17.5. The number of piperidine rings is 1. The number of carbonyl (C=O) groups excluding carboxylic acids is 1. The van der Waals surface area contributed by atoms with Crippen LogP contribution in [0.1, 0.15) is 35.7 Å². The minimum absolute atomic E-state index is 0.0759. The summed E-state index contributed by atoms with van der Waals surface area (Å²) in [6.07, 6.45) is 11.4. The van der Waals surface area contributed by atoms with Gasteiger partial charge in [-0.2, -0.15) is 0 Å². The fourth-order valence-corrected chi connectivity index (χ4v) is 4.06. The van der Waals surface area contributed by atoms with Crippen LogP contribution in [0.25, 0.3) is 5.57 Å². The molecular weight excluding hydrogens is 403 g/mol. The van der Waals surface area contributed by atoms with E-state index in [0.29, 0.717) is 11.5 Å². The Morgan fingerprint density at radius 2 is 2.00 bits per heavy atom. The number of aromatic nitrogens is 1. The second-order valence-corrected chi connectivity index (χ2v) is 8.24. The highest BCUT2D eigenvalue weighted by Gasteiger charge is 2.39. The average Bonchev–Trinajstić information content (AvgIpc) is 2.77. The van der Waals surface area contributed by atoms with Gasteiger partial charge < -0.3 is 10.6 Å². The first-order chi connectivity index (χ1) is 14.5. The zero-order chi connectivity index (χ0) is 21.1. The third-order valence-electron chi connectivity index (χ3n) is 5.71. The van der Waals surface area contributed by atoms with Crippen LogP contribution in [-0.4, -0.2) is 34.7 Å². The molecule has 1 amide bonds. The second-order valence-electron chi connectivity index (χ2n) is 7.83. The number of hydrogen-bond acceptors (Lipinski definition) is 4. The molecule has 2 aromatic rings. The molecule has 0 saturated carbocycles. The first-order valence-electron chi connectivity index (χ1n) is 10.1. The first-order valence-corrected chi connectivity index (χ1v) is 10.4. The van der Waals surface area contributed by atoms with E-state index in [1.807, 2.05) is 30.5 Å². The SMILES string of the molecule is CC1CCN(C2(NC(=O)c3ccc(F)c(Cl)c3)C=C(c3ccncc3)C=CN2)CC1. The highest BCUT2D eigenvalue weighted by Crippen LogP contribution is 2.29. The molecule has 1 saturated heterocycles. The van der Waals surface area contributed by atoms with Crippen molar-refractivity contribution in [1.82, 2.24) is 20.5 Å². The second kappa shape index (κ2) is 8.58. The summed E-state index contributed by atoms with van der Waals surface area (Å²) in [5, 5.41) is 6.41. The van der Waals surface area contributed by atoms with Gasteiger partial charge in [0.15, 0.2) is 5.79 Å². The van der Waals surface area contributed by atoms with Crippen molar-refractivity contribution >= 4 is 23.1 Å². The summed E-state index contributed by atoms with van der Waals surface area (Å²) in [5.41, 5.74) is 2.30. The number of benzene rings is 1. The van der Waals surface area contributed by atoms with E-state index in [1.165, 1.54) is 18.2 Å². The minimum atomic E-state index is -0.897. The molecule has 0 spiro atoms. The Kier molecular flexibility index (Phi) is 5.88. The largest absolute Gasteiger partial charge is 0.353 e. The number of allylic oxidation sites excluding steroid dienone is 2. The van der Waals surface area contributed by atoms with Crippen molar-refractivity contribution in [2.75, 3.05) is 13.1 Å². The molecule has 1 fully saturated rings. The molecule has 7 heteroatoms. The maximum atomic E-state index is 13.6. The molecule has 1 aromatic carbocycles. The number of pyridine rings is 1. The van der Waals surface area contributed by atoms with Crippen LogP contribution in [0.2, 0.25) is 5.02 Å². The van der Waals surface area contributed by atoms with Crippen molar-refractivity contribution in [3.05, 3.63) is 83.0 Å². The van der Waals surface area contributed by atoms with Crippen LogP contribution >= 0.6 is 11.6 Å². The highest BCUT2D eigenvalue weighted by molar-refractivity contribution is 6.31. The Morgan fingerprint density at radius 3 is 2.70 bits per heavy atom. The monoisotopic (exact) mass is 426 g/mol. The molecule has 3 heterocycles. The van der Waals surface area contributed by atoms with Gasteiger partial charge in [0.2, 0.25) is 0 Å². The fraction of sp³-hybridized carbons (Fsp3) is 0.304. The smallest absolute Gasteiger partial charge is 0.254 e. The molecule has 2 N–H and O–H groups in total. The van der Waals surface area contributed by atoms with Crippen molar-refractivity contribution in [3.8, 4) is 0 Å². The molecule has 0 radical (unpaired) electrons. The molecule has 1 unspecified atom stereocenters. The molecule has 0 bridgehead atoms. The molecule has 5 nitrogen and oxygen atoms in total. The van der Waals surface area contributed by atoms with E-state index >= 15 is 0 Å². The molecule has 2 aliphatic rings. The molecule has 1 atom stereocenters.